The van der Waals surface area contributed by atoms with Crippen LogP contribution >= 0.6 is 0 Å². The maximum atomic E-state index is 13.1. The first kappa shape index (κ1) is 24.2. The summed E-state index contributed by atoms with van der Waals surface area (Å²) < 4.78 is 25.5. The predicted octanol–water partition coefficient (Wildman–Crippen LogP) is 7.04. The van der Waals surface area contributed by atoms with E-state index in [1.807, 2.05) is 48.5 Å². The Kier molecular flexibility index (Phi) is 6.86. The van der Waals surface area contributed by atoms with Crippen molar-refractivity contribution in [2.75, 3.05) is 36.5 Å². The molecule has 0 saturated carbocycles. The second-order valence-corrected chi connectivity index (χ2v) is 9.42. The molecule has 188 valence electrons. The highest BCUT2D eigenvalue weighted by Gasteiger charge is 2.53. The Morgan fingerprint density at radius 3 is 2.31 bits per heavy atom. The second kappa shape index (κ2) is 10.2. The molecule has 2 aliphatic rings. The van der Waals surface area contributed by atoms with Crippen LogP contribution < -0.4 is 15.0 Å². The normalized spacial score (nSPS) is 17.1. The first-order valence-corrected chi connectivity index (χ1v) is 13.0. The molecule has 1 N–H and O–H groups in total. The molecule has 2 aliphatic heterocycles. The van der Waals surface area contributed by atoms with Crippen molar-refractivity contribution in [3.05, 3.63) is 82.9 Å². The Morgan fingerprint density at radius 1 is 0.889 bits per heavy atom. The molecular weight excluding hydrogens is 455 g/mol. The molecule has 36 heavy (non-hydrogen) atoms. The van der Waals surface area contributed by atoms with Gasteiger partial charge in [0.15, 0.2) is 5.60 Å². The number of alkyl halides is 1. The van der Waals surface area contributed by atoms with E-state index in [0.29, 0.717) is 17.1 Å². The summed E-state index contributed by atoms with van der Waals surface area (Å²) in [5, 5.41) is 3.08. The molecule has 1 spiro atoms. The Labute approximate surface area is 212 Å². The summed E-state index contributed by atoms with van der Waals surface area (Å²) in [7, 11) is 0. The van der Waals surface area contributed by atoms with Gasteiger partial charge in [-0.25, -0.2) is 9.18 Å². The van der Waals surface area contributed by atoms with Gasteiger partial charge in [-0.3, -0.25) is 0 Å². The summed E-state index contributed by atoms with van der Waals surface area (Å²) in [6.07, 6.45) is 4.48. The number of ether oxygens (including phenoxy) is 2. The minimum atomic E-state index is -1.09. The third-order valence-electron chi connectivity index (χ3n) is 7.05. The number of carbonyl (C=O) groups excluding carboxylic acids is 1. The fourth-order valence-electron chi connectivity index (χ4n) is 5.23. The minimum absolute atomic E-state index is 0.215. The van der Waals surface area contributed by atoms with Gasteiger partial charge >= 0.3 is 5.97 Å². The molecular formula is C30H33FN2O3. The first-order valence-electron chi connectivity index (χ1n) is 13.0. The van der Waals surface area contributed by atoms with Gasteiger partial charge in [0.05, 0.1) is 5.56 Å². The summed E-state index contributed by atoms with van der Waals surface area (Å²) in [5.41, 5.74) is 3.71. The molecule has 0 aliphatic carbocycles. The lowest BCUT2D eigenvalue weighted by atomic mass is 9.77. The number of fused-ring (bicyclic) bond motifs is 6. The molecule has 0 saturated heterocycles. The zero-order valence-corrected chi connectivity index (χ0v) is 21.0. The van der Waals surface area contributed by atoms with Gasteiger partial charge in [0.25, 0.3) is 0 Å². The number of anilines is 2. The van der Waals surface area contributed by atoms with Gasteiger partial charge in [-0.15, -0.1) is 0 Å². The van der Waals surface area contributed by atoms with E-state index >= 15 is 0 Å². The SMILES string of the molecule is CCCCN(CCCC)c1ccc2c(c1)Oc1cc(NCCF)ccc1C21OC(=O)c2ccccc21. The Balaban J connectivity index is 1.65. The lowest BCUT2D eigenvalue weighted by Gasteiger charge is -2.37. The third kappa shape index (κ3) is 4.08. The monoisotopic (exact) mass is 488 g/mol. The molecule has 5 nitrogen and oxygen atoms in total. The number of nitrogens with zero attached hydrogens (tertiary/aromatic N) is 1. The number of benzene rings is 3. The quantitative estimate of drug-likeness (QED) is 0.310. The van der Waals surface area contributed by atoms with Gasteiger partial charge < -0.3 is 19.7 Å². The number of rotatable bonds is 10. The van der Waals surface area contributed by atoms with Crippen molar-refractivity contribution in [3.63, 3.8) is 0 Å². The zero-order valence-electron chi connectivity index (χ0n) is 21.0. The Bertz CT molecular complexity index is 1250. The van der Waals surface area contributed by atoms with Crippen LogP contribution in [0, 0.1) is 0 Å². The molecule has 3 aromatic rings. The molecule has 0 amide bonds. The van der Waals surface area contributed by atoms with Crippen LogP contribution in [0.3, 0.4) is 0 Å². The van der Waals surface area contributed by atoms with E-state index in [2.05, 4.69) is 36.2 Å². The van der Waals surface area contributed by atoms with Crippen LogP contribution in [0.1, 0.15) is 66.6 Å². The van der Waals surface area contributed by atoms with Crippen LogP contribution in [0.2, 0.25) is 0 Å². The smallest absolute Gasteiger partial charge is 0.340 e. The van der Waals surface area contributed by atoms with Crippen LogP contribution in [0.15, 0.2) is 60.7 Å². The Morgan fingerprint density at radius 2 is 1.58 bits per heavy atom. The van der Waals surface area contributed by atoms with E-state index < -0.39 is 12.3 Å². The van der Waals surface area contributed by atoms with Gasteiger partial charge in [0.1, 0.15) is 18.2 Å². The van der Waals surface area contributed by atoms with Crippen molar-refractivity contribution in [2.45, 2.75) is 45.1 Å². The standard InChI is InChI=1S/C30H33FN2O3/c1-3-5-17-33(18-6-4-2)22-12-14-26-28(20-22)35-27-19-21(32-16-15-31)11-13-25(27)30(26)24-10-8-7-9-23(24)29(34)36-30/h7-14,19-20,32H,3-6,15-18H2,1-2H3. The zero-order chi connectivity index (χ0) is 25.1. The molecule has 3 aromatic carbocycles. The molecule has 1 unspecified atom stereocenters. The molecule has 1 atom stereocenters. The number of hydrogen-bond donors (Lipinski definition) is 1. The highest BCUT2D eigenvalue weighted by molar-refractivity contribution is 5.97. The molecule has 0 fully saturated rings. The molecule has 0 bridgehead atoms. The van der Waals surface area contributed by atoms with Crippen molar-refractivity contribution in [2.24, 2.45) is 0 Å². The summed E-state index contributed by atoms with van der Waals surface area (Å²) in [4.78, 5) is 15.5. The van der Waals surface area contributed by atoms with Crippen LogP contribution in [-0.4, -0.2) is 32.3 Å². The largest absolute Gasteiger partial charge is 0.456 e. The molecule has 0 radical (unpaired) electrons. The van der Waals surface area contributed by atoms with E-state index in [0.717, 1.165) is 66.8 Å². The molecule has 6 heteroatoms. The predicted molar refractivity (Wildman–Crippen MR) is 141 cm³/mol. The average Bonchev–Trinajstić information content (AvgIpc) is 3.20. The van der Waals surface area contributed by atoms with Crippen LogP contribution in [0.5, 0.6) is 11.5 Å². The number of halogens is 1. The van der Waals surface area contributed by atoms with Crippen molar-refractivity contribution in [1.29, 1.82) is 0 Å². The highest BCUT2D eigenvalue weighted by Crippen LogP contribution is 2.56. The van der Waals surface area contributed by atoms with Crippen molar-refractivity contribution in [3.8, 4) is 11.5 Å². The summed E-state index contributed by atoms with van der Waals surface area (Å²) >= 11 is 0. The van der Waals surface area contributed by atoms with Gasteiger partial charge in [0, 0.05) is 59.8 Å². The highest BCUT2D eigenvalue weighted by atomic mass is 19.1. The van der Waals surface area contributed by atoms with Gasteiger partial charge in [-0.1, -0.05) is 44.9 Å². The molecule has 0 aromatic heterocycles. The summed E-state index contributed by atoms with van der Waals surface area (Å²) in [6, 6.07) is 19.4. The topological polar surface area (TPSA) is 50.8 Å². The number of carbonyl (C=O) groups is 1. The van der Waals surface area contributed by atoms with Gasteiger partial charge in [0.2, 0.25) is 0 Å². The average molecular weight is 489 g/mol. The van der Waals surface area contributed by atoms with Gasteiger partial charge in [-0.05, 0) is 43.2 Å². The summed E-state index contributed by atoms with van der Waals surface area (Å²) in [5.74, 6) is 0.924. The van der Waals surface area contributed by atoms with Crippen molar-refractivity contribution >= 4 is 17.3 Å². The Hall–Kier alpha value is -3.54. The molecule has 2 heterocycles. The van der Waals surface area contributed by atoms with E-state index in [4.69, 9.17) is 9.47 Å². The van der Waals surface area contributed by atoms with E-state index in [1.54, 1.807) is 0 Å². The fourth-order valence-corrected chi connectivity index (χ4v) is 5.23. The molecule has 5 rings (SSSR count). The third-order valence-corrected chi connectivity index (χ3v) is 7.05. The van der Waals surface area contributed by atoms with E-state index in [-0.39, 0.29) is 12.5 Å². The second-order valence-electron chi connectivity index (χ2n) is 9.42. The fraction of sp³-hybridized carbons (Fsp3) is 0.367. The van der Waals surface area contributed by atoms with Crippen LogP contribution in [0.4, 0.5) is 15.8 Å². The van der Waals surface area contributed by atoms with Crippen LogP contribution in [-0.2, 0) is 10.3 Å². The van der Waals surface area contributed by atoms with Crippen LogP contribution in [0.25, 0.3) is 0 Å². The number of esters is 1. The minimum Gasteiger partial charge on any atom is -0.456 e. The number of hydrogen-bond acceptors (Lipinski definition) is 5. The van der Waals surface area contributed by atoms with Crippen molar-refractivity contribution < 1.29 is 18.7 Å². The number of nitrogens with one attached hydrogen (secondary N) is 1. The maximum absolute atomic E-state index is 13.1. The first-order chi connectivity index (χ1) is 17.6. The van der Waals surface area contributed by atoms with Gasteiger partial charge in [-0.2, -0.15) is 0 Å². The maximum Gasteiger partial charge on any atom is 0.340 e. The lowest BCUT2D eigenvalue weighted by Crippen LogP contribution is -2.33. The van der Waals surface area contributed by atoms with E-state index in [1.165, 1.54) is 0 Å². The lowest BCUT2D eigenvalue weighted by molar-refractivity contribution is 0.0224. The van der Waals surface area contributed by atoms with Crippen molar-refractivity contribution in [1.82, 2.24) is 0 Å². The number of unbranched alkanes of at least 4 members (excludes halogenated alkanes) is 2. The summed E-state index contributed by atoms with van der Waals surface area (Å²) in [6.45, 7) is 6.11. The van der Waals surface area contributed by atoms with E-state index in [9.17, 15) is 9.18 Å².